The van der Waals surface area contributed by atoms with E-state index in [1.54, 1.807) is 0 Å². The smallest absolute Gasteiger partial charge is 0.0725 e. The van der Waals surface area contributed by atoms with E-state index in [4.69, 9.17) is 0 Å². The molecule has 1 unspecified atom stereocenters. The molecule has 0 saturated carbocycles. The van der Waals surface area contributed by atoms with Crippen LogP contribution in [0.25, 0.3) is 11.1 Å². The molecule has 0 heterocycles. The average molecular weight is 358 g/mol. The van der Waals surface area contributed by atoms with Crippen LogP contribution >= 0.6 is 0 Å². The van der Waals surface area contributed by atoms with E-state index < -0.39 is 0 Å². The van der Waals surface area contributed by atoms with Gasteiger partial charge in [-0.15, -0.1) is 0 Å². The van der Waals surface area contributed by atoms with Crippen molar-refractivity contribution in [3.8, 4) is 11.1 Å². The summed E-state index contributed by atoms with van der Waals surface area (Å²) in [5, 5.41) is 0. The molecule has 6 rings (SSSR count). The molecule has 0 bridgehead atoms. The van der Waals surface area contributed by atoms with Crippen molar-refractivity contribution < 1.29 is 0 Å². The molecule has 4 aliphatic rings. The molecule has 2 aromatic rings. The van der Waals surface area contributed by atoms with Crippen LogP contribution in [0.2, 0.25) is 0 Å². The minimum absolute atomic E-state index is 0.214. The maximum Gasteiger partial charge on any atom is 0.0725 e. The highest BCUT2D eigenvalue weighted by molar-refractivity contribution is 5.91. The third-order valence-electron chi connectivity index (χ3n) is 6.60. The average Bonchev–Trinajstić information content (AvgIpc) is 2.92. The second-order valence-electron chi connectivity index (χ2n) is 8.11. The lowest BCUT2D eigenvalue weighted by molar-refractivity contribution is 0.777. The van der Waals surface area contributed by atoms with Gasteiger partial charge in [-0.3, -0.25) is 0 Å². The summed E-state index contributed by atoms with van der Waals surface area (Å²) in [6, 6.07) is 18.0. The lowest BCUT2D eigenvalue weighted by atomic mass is 9.68. The molecule has 0 radical (unpaired) electrons. The maximum atomic E-state index is 2.40. The highest BCUT2D eigenvalue weighted by atomic mass is 14.5. The molecule has 0 amide bonds. The Morgan fingerprint density at radius 2 is 1.25 bits per heavy atom. The highest BCUT2D eigenvalue weighted by Gasteiger charge is 2.52. The minimum Gasteiger partial charge on any atom is -0.0804 e. The van der Waals surface area contributed by atoms with E-state index >= 15 is 0 Å². The molecule has 0 aromatic heterocycles. The van der Waals surface area contributed by atoms with Crippen LogP contribution in [0.5, 0.6) is 0 Å². The first-order chi connectivity index (χ1) is 13.8. The molecular weight excluding hydrogens is 336 g/mol. The standard InChI is InChI=1S/C28H22/c1-19-15-17-23-22-9-3-2-4-12-24(22)28(27(23)18-16-19)25-13-7-5-10-20(25)21-11-6-8-14-26(21)28/h3-19H,2H2,1H3. The molecule has 0 heteroatoms. The van der Waals surface area contributed by atoms with E-state index in [-0.39, 0.29) is 5.41 Å². The van der Waals surface area contributed by atoms with Crippen molar-refractivity contribution >= 4 is 0 Å². The van der Waals surface area contributed by atoms with Gasteiger partial charge in [0.25, 0.3) is 0 Å². The summed E-state index contributed by atoms with van der Waals surface area (Å²) in [6.45, 7) is 2.26. The van der Waals surface area contributed by atoms with Crippen molar-refractivity contribution in [2.45, 2.75) is 18.8 Å². The fourth-order valence-corrected chi connectivity index (χ4v) is 5.45. The first-order valence-electron chi connectivity index (χ1n) is 10.2. The van der Waals surface area contributed by atoms with E-state index in [1.165, 1.54) is 44.5 Å². The number of hydrogen-bond donors (Lipinski definition) is 0. The van der Waals surface area contributed by atoms with Gasteiger partial charge in [-0.2, -0.15) is 0 Å². The third kappa shape index (κ3) is 1.85. The van der Waals surface area contributed by atoms with Gasteiger partial charge in [-0.05, 0) is 56.9 Å². The summed E-state index contributed by atoms with van der Waals surface area (Å²) in [7, 11) is 0. The first kappa shape index (κ1) is 15.9. The Morgan fingerprint density at radius 3 is 2.00 bits per heavy atom. The molecule has 28 heavy (non-hydrogen) atoms. The lowest BCUT2D eigenvalue weighted by Crippen LogP contribution is -2.27. The predicted molar refractivity (Wildman–Crippen MR) is 117 cm³/mol. The van der Waals surface area contributed by atoms with Crippen LogP contribution in [0, 0.1) is 5.92 Å². The molecule has 0 nitrogen and oxygen atoms in total. The van der Waals surface area contributed by atoms with Gasteiger partial charge >= 0.3 is 0 Å². The third-order valence-corrected chi connectivity index (χ3v) is 6.60. The number of rotatable bonds is 0. The Hall–Kier alpha value is -3.12. The molecule has 1 atom stereocenters. The van der Waals surface area contributed by atoms with Crippen molar-refractivity contribution in [2.24, 2.45) is 5.92 Å². The van der Waals surface area contributed by atoms with Crippen LogP contribution in [0.15, 0.2) is 119 Å². The summed E-state index contributed by atoms with van der Waals surface area (Å²) in [6.07, 6.45) is 19.8. The summed E-state index contributed by atoms with van der Waals surface area (Å²) >= 11 is 0. The zero-order valence-corrected chi connectivity index (χ0v) is 16.0. The van der Waals surface area contributed by atoms with Gasteiger partial charge in [-0.1, -0.05) is 104 Å². The van der Waals surface area contributed by atoms with Gasteiger partial charge in [-0.25, -0.2) is 0 Å². The summed E-state index contributed by atoms with van der Waals surface area (Å²) in [5.41, 5.74) is 11.0. The van der Waals surface area contributed by atoms with Crippen molar-refractivity contribution in [1.82, 2.24) is 0 Å². The van der Waals surface area contributed by atoms with Gasteiger partial charge in [0.2, 0.25) is 0 Å². The highest BCUT2D eigenvalue weighted by Crippen LogP contribution is 2.62. The molecule has 134 valence electrons. The molecule has 1 spiro atoms. The molecule has 0 aliphatic heterocycles. The predicted octanol–water partition coefficient (Wildman–Crippen LogP) is 6.84. The lowest BCUT2D eigenvalue weighted by Gasteiger charge is -2.32. The van der Waals surface area contributed by atoms with Crippen molar-refractivity contribution in [3.63, 3.8) is 0 Å². The van der Waals surface area contributed by atoms with Gasteiger partial charge in [0.15, 0.2) is 0 Å². The van der Waals surface area contributed by atoms with E-state index in [0.717, 1.165) is 6.42 Å². The van der Waals surface area contributed by atoms with Crippen LogP contribution in [-0.4, -0.2) is 0 Å². The van der Waals surface area contributed by atoms with Crippen molar-refractivity contribution in [1.29, 1.82) is 0 Å². The topological polar surface area (TPSA) is 0 Å². The largest absolute Gasteiger partial charge is 0.0804 e. The van der Waals surface area contributed by atoms with Crippen LogP contribution < -0.4 is 0 Å². The minimum atomic E-state index is -0.214. The molecule has 0 saturated heterocycles. The monoisotopic (exact) mass is 358 g/mol. The van der Waals surface area contributed by atoms with Crippen LogP contribution in [0.1, 0.15) is 24.5 Å². The van der Waals surface area contributed by atoms with Gasteiger partial charge in [0.05, 0.1) is 5.41 Å². The van der Waals surface area contributed by atoms with Crippen LogP contribution in [0.4, 0.5) is 0 Å². The zero-order valence-electron chi connectivity index (χ0n) is 16.0. The van der Waals surface area contributed by atoms with Crippen LogP contribution in [-0.2, 0) is 5.41 Å². The van der Waals surface area contributed by atoms with E-state index in [1.807, 2.05) is 0 Å². The zero-order chi connectivity index (χ0) is 18.7. The SMILES string of the molecule is CC1C=CC2=C(C=C1)C1(C3=C2C=CCC=C3)c2ccccc2-c2ccccc21. The Bertz CT molecular complexity index is 1140. The number of fused-ring (bicyclic) bond motifs is 8. The molecule has 4 aliphatic carbocycles. The Kier molecular flexibility index (Phi) is 3.23. The Balaban J connectivity index is 1.81. The normalized spacial score (nSPS) is 22.8. The van der Waals surface area contributed by atoms with Gasteiger partial charge in [0, 0.05) is 0 Å². The second-order valence-corrected chi connectivity index (χ2v) is 8.11. The summed E-state index contributed by atoms with van der Waals surface area (Å²) < 4.78 is 0. The Morgan fingerprint density at radius 1 is 0.679 bits per heavy atom. The number of allylic oxidation sites excluding steroid dienone is 12. The van der Waals surface area contributed by atoms with Gasteiger partial charge in [0.1, 0.15) is 0 Å². The van der Waals surface area contributed by atoms with Crippen molar-refractivity contribution in [3.05, 3.63) is 131 Å². The Labute approximate surface area is 166 Å². The van der Waals surface area contributed by atoms with Crippen molar-refractivity contribution in [2.75, 3.05) is 0 Å². The van der Waals surface area contributed by atoms with Gasteiger partial charge < -0.3 is 0 Å². The fourth-order valence-electron chi connectivity index (χ4n) is 5.45. The quantitative estimate of drug-likeness (QED) is 0.484. The maximum absolute atomic E-state index is 2.40. The summed E-state index contributed by atoms with van der Waals surface area (Å²) in [5.74, 6) is 0.448. The fraction of sp³-hybridized carbons (Fsp3) is 0.143. The molecule has 2 aromatic carbocycles. The molecular formula is C28H22. The van der Waals surface area contributed by atoms with E-state index in [9.17, 15) is 0 Å². The van der Waals surface area contributed by atoms with Crippen LogP contribution in [0.3, 0.4) is 0 Å². The van der Waals surface area contributed by atoms with E-state index in [2.05, 4.69) is 104 Å². The summed E-state index contributed by atoms with van der Waals surface area (Å²) in [4.78, 5) is 0. The molecule has 0 fully saturated rings. The first-order valence-corrected chi connectivity index (χ1v) is 10.2. The number of benzene rings is 2. The molecule has 0 N–H and O–H groups in total. The number of hydrogen-bond acceptors (Lipinski definition) is 0. The van der Waals surface area contributed by atoms with E-state index in [0.29, 0.717) is 5.92 Å². The second kappa shape index (κ2) is 5.69.